The quantitative estimate of drug-likeness (QED) is 0.539. The van der Waals surface area contributed by atoms with Crippen LogP contribution < -0.4 is 0 Å². The molecule has 0 heterocycles. The molecule has 0 N–H and O–H groups in total. The van der Waals surface area contributed by atoms with E-state index in [0.29, 0.717) is 5.92 Å². The first kappa shape index (κ1) is 12.7. The Bertz CT molecular complexity index is 348. The van der Waals surface area contributed by atoms with Crippen LogP contribution in [-0.2, 0) is 4.79 Å². The van der Waals surface area contributed by atoms with Gasteiger partial charge in [0.05, 0.1) is 0 Å². The molecule has 0 aliphatic heterocycles. The van der Waals surface area contributed by atoms with Crippen molar-refractivity contribution in [1.29, 1.82) is 0 Å². The second-order valence-corrected chi connectivity index (χ2v) is 4.47. The zero-order valence-corrected chi connectivity index (χ0v) is 10.3. The number of benzene rings is 1. The highest BCUT2D eigenvalue weighted by Gasteiger charge is 2.02. The van der Waals surface area contributed by atoms with Gasteiger partial charge in [0.1, 0.15) is 6.29 Å². The maximum Gasteiger partial charge on any atom is 0.126 e. The van der Waals surface area contributed by atoms with Crippen LogP contribution in [0.4, 0.5) is 0 Å². The van der Waals surface area contributed by atoms with E-state index in [1.54, 1.807) is 0 Å². The molecule has 0 aromatic heterocycles. The number of hydrogen-bond donors (Lipinski definition) is 0. The van der Waals surface area contributed by atoms with E-state index in [2.05, 4.69) is 44.2 Å². The smallest absolute Gasteiger partial charge is 0.126 e. The Labute approximate surface area is 98.2 Å². The van der Waals surface area contributed by atoms with Crippen LogP contribution in [0.25, 0.3) is 0 Å². The molecule has 0 spiro atoms. The molecule has 16 heavy (non-hydrogen) atoms. The second kappa shape index (κ2) is 6.26. The lowest BCUT2D eigenvalue weighted by molar-refractivity contribution is -0.109. The molecule has 1 aromatic rings. The lowest BCUT2D eigenvalue weighted by Crippen LogP contribution is -1.93. The third kappa shape index (κ3) is 4.01. The maximum atomic E-state index is 10.4. The molecule has 0 saturated carbocycles. The van der Waals surface area contributed by atoms with Crippen molar-refractivity contribution in [2.75, 3.05) is 0 Å². The van der Waals surface area contributed by atoms with E-state index in [1.165, 1.54) is 11.1 Å². The highest BCUT2D eigenvalue weighted by atomic mass is 16.1. The van der Waals surface area contributed by atoms with Crippen molar-refractivity contribution in [2.24, 2.45) is 5.92 Å². The average molecular weight is 216 g/mol. The minimum absolute atomic E-state index is 0.0326. The van der Waals surface area contributed by atoms with Gasteiger partial charge in [-0.3, -0.25) is 0 Å². The topological polar surface area (TPSA) is 17.1 Å². The number of aryl methyl sites for hydroxylation is 1. The predicted octanol–water partition coefficient (Wildman–Crippen LogP) is 3.88. The molecular weight excluding hydrogens is 196 g/mol. The van der Waals surface area contributed by atoms with Crippen molar-refractivity contribution in [1.82, 2.24) is 0 Å². The van der Waals surface area contributed by atoms with Crippen LogP contribution in [0.3, 0.4) is 0 Å². The van der Waals surface area contributed by atoms with Crippen molar-refractivity contribution in [3.63, 3.8) is 0 Å². The van der Waals surface area contributed by atoms with Crippen molar-refractivity contribution in [2.45, 2.75) is 33.1 Å². The Balaban J connectivity index is 2.52. The van der Waals surface area contributed by atoms with E-state index in [1.807, 2.05) is 13.0 Å². The van der Waals surface area contributed by atoms with Crippen LogP contribution in [-0.4, -0.2) is 6.29 Å². The van der Waals surface area contributed by atoms with Gasteiger partial charge in [0, 0.05) is 5.92 Å². The number of allylic oxidation sites excluding steroid dienone is 2. The molecule has 0 bridgehead atoms. The molecule has 1 rings (SSSR count). The normalized spacial score (nSPS) is 14.9. The molecule has 0 aliphatic carbocycles. The fourth-order valence-electron chi connectivity index (χ4n) is 1.57. The summed E-state index contributed by atoms with van der Waals surface area (Å²) in [6, 6.07) is 8.64. The van der Waals surface area contributed by atoms with Crippen molar-refractivity contribution >= 4 is 6.29 Å². The number of rotatable bonds is 5. The number of carbonyl (C=O) groups is 1. The summed E-state index contributed by atoms with van der Waals surface area (Å²) < 4.78 is 0. The lowest BCUT2D eigenvalue weighted by atomic mass is 9.96. The molecule has 2 unspecified atom stereocenters. The minimum Gasteiger partial charge on any atom is -0.303 e. The Morgan fingerprint density at radius 2 is 1.81 bits per heavy atom. The highest BCUT2D eigenvalue weighted by Crippen LogP contribution is 2.19. The second-order valence-electron chi connectivity index (χ2n) is 4.47. The highest BCUT2D eigenvalue weighted by molar-refractivity contribution is 5.55. The molecule has 0 amide bonds. The first-order valence-electron chi connectivity index (χ1n) is 5.82. The number of hydrogen-bond acceptors (Lipinski definition) is 1. The maximum absolute atomic E-state index is 10.4. The third-order valence-electron chi connectivity index (χ3n) is 2.79. The monoisotopic (exact) mass is 216 g/mol. The standard InChI is InChI=1S/C15H20O/c1-12-7-9-15(10-8-12)14(3)6-4-5-13(2)11-16/h4-5,7-11,13-14H,6H2,1-3H3/b5-4+. The van der Waals surface area contributed by atoms with Gasteiger partial charge < -0.3 is 4.79 Å². The van der Waals surface area contributed by atoms with Crippen LogP contribution in [0.5, 0.6) is 0 Å². The Morgan fingerprint density at radius 3 is 2.38 bits per heavy atom. The Morgan fingerprint density at radius 1 is 1.19 bits per heavy atom. The molecule has 0 aliphatic rings. The van der Waals surface area contributed by atoms with E-state index in [-0.39, 0.29) is 5.92 Å². The molecule has 86 valence electrons. The molecule has 1 nitrogen and oxygen atoms in total. The van der Waals surface area contributed by atoms with Crippen molar-refractivity contribution in [3.05, 3.63) is 47.5 Å². The first-order chi connectivity index (χ1) is 7.63. The third-order valence-corrected chi connectivity index (χ3v) is 2.79. The van der Waals surface area contributed by atoms with Gasteiger partial charge in [-0.2, -0.15) is 0 Å². The SMILES string of the molecule is Cc1ccc(C(C)C/C=C/C(C)C=O)cc1. The van der Waals surface area contributed by atoms with Crippen LogP contribution in [0.1, 0.15) is 37.3 Å². The minimum atomic E-state index is 0.0326. The molecule has 2 atom stereocenters. The van der Waals surface area contributed by atoms with Crippen LogP contribution in [0.15, 0.2) is 36.4 Å². The zero-order valence-electron chi connectivity index (χ0n) is 10.3. The molecule has 0 radical (unpaired) electrons. The fourth-order valence-corrected chi connectivity index (χ4v) is 1.57. The van der Waals surface area contributed by atoms with E-state index in [9.17, 15) is 4.79 Å². The van der Waals surface area contributed by atoms with Crippen molar-refractivity contribution in [3.8, 4) is 0 Å². The van der Waals surface area contributed by atoms with Crippen molar-refractivity contribution < 1.29 is 4.79 Å². The summed E-state index contributed by atoms with van der Waals surface area (Å²) in [6.07, 6.45) is 6.02. The predicted molar refractivity (Wildman–Crippen MR) is 68.6 cm³/mol. The molecular formula is C15H20O. The van der Waals surface area contributed by atoms with Crippen LogP contribution in [0, 0.1) is 12.8 Å². The fraction of sp³-hybridized carbons (Fsp3) is 0.400. The van der Waals surface area contributed by atoms with Crippen LogP contribution in [0.2, 0.25) is 0 Å². The van der Waals surface area contributed by atoms with Gasteiger partial charge in [-0.1, -0.05) is 55.8 Å². The summed E-state index contributed by atoms with van der Waals surface area (Å²) in [5.74, 6) is 0.543. The molecule has 0 fully saturated rings. The largest absolute Gasteiger partial charge is 0.303 e. The first-order valence-corrected chi connectivity index (χ1v) is 5.82. The Hall–Kier alpha value is -1.37. The molecule has 0 saturated heterocycles. The Kier molecular flexibility index (Phi) is 4.97. The van der Waals surface area contributed by atoms with Gasteiger partial charge in [-0.15, -0.1) is 0 Å². The number of aldehydes is 1. The van der Waals surface area contributed by atoms with Gasteiger partial charge in [-0.25, -0.2) is 0 Å². The van der Waals surface area contributed by atoms with E-state index in [4.69, 9.17) is 0 Å². The van der Waals surface area contributed by atoms with Gasteiger partial charge in [0.2, 0.25) is 0 Å². The summed E-state index contributed by atoms with van der Waals surface area (Å²) in [5, 5.41) is 0. The molecule has 1 aromatic carbocycles. The lowest BCUT2D eigenvalue weighted by Gasteiger charge is -2.09. The van der Waals surface area contributed by atoms with E-state index >= 15 is 0 Å². The van der Waals surface area contributed by atoms with Gasteiger partial charge >= 0.3 is 0 Å². The summed E-state index contributed by atoms with van der Waals surface area (Å²) >= 11 is 0. The summed E-state index contributed by atoms with van der Waals surface area (Å²) in [4.78, 5) is 10.4. The zero-order chi connectivity index (χ0) is 12.0. The van der Waals surface area contributed by atoms with Gasteiger partial charge in [0.15, 0.2) is 0 Å². The average Bonchev–Trinajstić information content (AvgIpc) is 2.29. The summed E-state index contributed by atoms with van der Waals surface area (Å²) in [7, 11) is 0. The van der Waals surface area contributed by atoms with Gasteiger partial charge in [0.25, 0.3) is 0 Å². The van der Waals surface area contributed by atoms with Crippen LogP contribution >= 0.6 is 0 Å². The summed E-state index contributed by atoms with van der Waals surface area (Å²) in [6.45, 7) is 6.21. The molecule has 1 heteroatoms. The van der Waals surface area contributed by atoms with E-state index < -0.39 is 0 Å². The number of carbonyl (C=O) groups excluding carboxylic acids is 1. The van der Waals surface area contributed by atoms with Gasteiger partial charge in [-0.05, 0) is 24.8 Å². The van der Waals surface area contributed by atoms with E-state index in [0.717, 1.165) is 12.7 Å². The summed E-state index contributed by atoms with van der Waals surface area (Å²) in [5.41, 5.74) is 2.65.